The first-order valence-corrected chi connectivity index (χ1v) is 9.43. The minimum absolute atomic E-state index is 0. The fourth-order valence-electron chi connectivity index (χ4n) is 3.17. The SMILES string of the molecule is CC(N)C1CCN(C(=O)c2ccccc2NC(=O)c2cccs2)CC1.Cl. The van der Waals surface area contributed by atoms with Crippen molar-refractivity contribution in [3.05, 3.63) is 52.2 Å². The van der Waals surface area contributed by atoms with Gasteiger partial charge in [-0.3, -0.25) is 9.59 Å². The second-order valence-electron chi connectivity index (χ2n) is 6.47. The van der Waals surface area contributed by atoms with Gasteiger partial charge in [0.05, 0.1) is 16.1 Å². The molecule has 2 aromatic rings. The van der Waals surface area contributed by atoms with E-state index in [0.29, 0.717) is 35.1 Å². The number of likely N-dealkylation sites (tertiary alicyclic amines) is 1. The zero-order chi connectivity index (χ0) is 17.8. The summed E-state index contributed by atoms with van der Waals surface area (Å²) in [5.41, 5.74) is 7.06. The van der Waals surface area contributed by atoms with E-state index in [2.05, 4.69) is 5.32 Å². The second-order valence-corrected chi connectivity index (χ2v) is 7.41. The van der Waals surface area contributed by atoms with Crippen LogP contribution in [0.1, 0.15) is 39.8 Å². The molecule has 3 N–H and O–H groups in total. The molecule has 1 aliphatic rings. The van der Waals surface area contributed by atoms with Crippen molar-refractivity contribution in [2.24, 2.45) is 11.7 Å². The minimum Gasteiger partial charge on any atom is -0.339 e. The van der Waals surface area contributed by atoms with Gasteiger partial charge in [-0.05, 0) is 49.3 Å². The van der Waals surface area contributed by atoms with Crippen LogP contribution in [-0.2, 0) is 0 Å². The molecule has 0 spiro atoms. The van der Waals surface area contributed by atoms with Crippen molar-refractivity contribution in [2.45, 2.75) is 25.8 Å². The number of benzene rings is 1. The Hall–Kier alpha value is -1.89. The molecule has 5 nitrogen and oxygen atoms in total. The highest BCUT2D eigenvalue weighted by atomic mass is 35.5. The monoisotopic (exact) mass is 393 g/mol. The Morgan fingerprint density at radius 3 is 2.50 bits per heavy atom. The smallest absolute Gasteiger partial charge is 0.265 e. The first kappa shape index (κ1) is 20.4. The van der Waals surface area contributed by atoms with Gasteiger partial charge in [0.2, 0.25) is 0 Å². The molecular weight excluding hydrogens is 370 g/mol. The van der Waals surface area contributed by atoms with Crippen molar-refractivity contribution in [2.75, 3.05) is 18.4 Å². The number of carbonyl (C=O) groups excluding carboxylic acids is 2. The summed E-state index contributed by atoms with van der Waals surface area (Å²) in [4.78, 5) is 27.7. The topological polar surface area (TPSA) is 75.4 Å². The number of thiophene rings is 1. The molecule has 0 aliphatic carbocycles. The van der Waals surface area contributed by atoms with E-state index >= 15 is 0 Å². The molecule has 1 unspecified atom stereocenters. The summed E-state index contributed by atoms with van der Waals surface area (Å²) in [7, 11) is 0. The summed E-state index contributed by atoms with van der Waals surface area (Å²) in [5.74, 6) is 0.244. The third-order valence-corrected chi connectivity index (χ3v) is 5.59. The number of nitrogens with two attached hydrogens (primary N) is 1. The van der Waals surface area contributed by atoms with Gasteiger partial charge < -0.3 is 16.0 Å². The highest BCUT2D eigenvalue weighted by Crippen LogP contribution is 2.24. The van der Waals surface area contributed by atoms with E-state index in [1.807, 2.05) is 35.4 Å². The van der Waals surface area contributed by atoms with E-state index < -0.39 is 0 Å². The zero-order valence-corrected chi connectivity index (χ0v) is 16.3. The third kappa shape index (κ3) is 4.63. The summed E-state index contributed by atoms with van der Waals surface area (Å²) in [6.45, 7) is 3.44. The Morgan fingerprint density at radius 1 is 1.19 bits per heavy atom. The fraction of sp³-hybridized carbons (Fsp3) is 0.368. The summed E-state index contributed by atoms with van der Waals surface area (Å²) < 4.78 is 0. The number of rotatable bonds is 4. The van der Waals surface area contributed by atoms with Gasteiger partial charge in [-0.1, -0.05) is 18.2 Å². The fourth-order valence-corrected chi connectivity index (χ4v) is 3.79. The van der Waals surface area contributed by atoms with Gasteiger partial charge in [0.15, 0.2) is 0 Å². The predicted octanol–water partition coefficient (Wildman–Crippen LogP) is 3.62. The molecule has 1 aromatic carbocycles. The minimum atomic E-state index is -0.189. The second kappa shape index (κ2) is 9.16. The molecule has 26 heavy (non-hydrogen) atoms. The van der Waals surface area contributed by atoms with Crippen molar-refractivity contribution < 1.29 is 9.59 Å². The Balaban J connectivity index is 0.00000243. The Labute approximate surface area is 164 Å². The highest BCUT2D eigenvalue weighted by Gasteiger charge is 2.26. The van der Waals surface area contributed by atoms with Gasteiger partial charge in [-0.25, -0.2) is 0 Å². The molecule has 140 valence electrons. The van der Waals surface area contributed by atoms with Gasteiger partial charge in [-0.2, -0.15) is 0 Å². The first-order chi connectivity index (χ1) is 12.1. The van der Waals surface area contributed by atoms with Crippen molar-refractivity contribution in [3.8, 4) is 0 Å². The number of nitrogens with one attached hydrogen (secondary N) is 1. The molecule has 0 bridgehead atoms. The molecule has 1 saturated heterocycles. The predicted molar refractivity (Wildman–Crippen MR) is 108 cm³/mol. The molecule has 0 saturated carbocycles. The molecule has 1 fully saturated rings. The summed E-state index contributed by atoms with van der Waals surface area (Å²) in [6, 6.07) is 10.9. The lowest BCUT2D eigenvalue weighted by atomic mass is 9.90. The van der Waals surface area contributed by atoms with Crippen LogP contribution < -0.4 is 11.1 Å². The first-order valence-electron chi connectivity index (χ1n) is 8.55. The molecule has 3 rings (SSSR count). The van der Waals surface area contributed by atoms with E-state index in [0.717, 1.165) is 12.8 Å². The highest BCUT2D eigenvalue weighted by molar-refractivity contribution is 7.12. The van der Waals surface area contributed by atoms with Crippen molar-refractivity contribution in [3.63, 3.8) is 0 Å². The summed E-state index contributed by atoms with van der Waals surface area (Å²) in [5, 5.41) is 4.72. The van der Waals surface area contributed by atoms with Crippen molar-refractivity contribution >= 4 is 41.2 Å². The standard InChI is InChI=1S/C19H23N3O2S.ClH/c1-13(20)14-8-10-22(11-9-14)19(24)15-5-2-3-6-16(15)21-18(23)17-7-4-12-25-17;/h2-7,12-14H,8-11,20H2,1H3,(H,21,23);1H. The van der Waals surface area contributed by atoms with Crippen LogP contribution >= 0.6 is 23.7 Å². The third-order valence-electron chi connectivity index (χ3n) is 4.72. The quantitative estimate of drug-likeness (QED) is 0.832. The number of hydrogen-bond acceptors (Lipinski definition) is 4. The maximum Gasteiger partial charge on any atom is 0.265 e. The van der Waals surface area contributed by atoms with Gasteiger partial charge >= 0.3 is 0 Å². The van der Waals surface area contributed by atoms with Crippen LogP contribution in [-0.4, -0.2) is 35.8 Å². The molecule has 2 heterocycles. The number of hydrogen-bond donors (Lipinski definition) is 2. The molecule has 1 atom stereocenters. The number of halogens is 1. The molecule has 1 aliphatic heterocycles. The molecule has 1 aromatic heterocycles. The lowest BCUT2D eigenvalue weighted by Crippen LogP contribution is -2.42. The Kier molecular flexibility index (Phi) is 7.20. The van der Waals surface area contributed by atoms with E-state index in [4.69, 9.17) is 5.73 Å². The van der Waals surface area contributed by atoms with Crippen LogP contribution in [0.3, 0.4) is 0 Å². The number of carbonyl (C=O) groups is 2. The van der Waals surface area contributed by atoms with Crippen LogP contribution in [0.25, 0.3) is 0 Å². The largest absolute Gasteiger partial charge is 0.339 e. The average molecular weight is 394 g/mol. The number of amides is 2. The van der Waals surface area contributed by atoms with Crippen molar-refractivity contribution in [1.82, 2.24) is 4.90 Å². The maximum absolute atomic E-state index is 12.9. The number of anilines is 1. The van der Waals surface area contributed by atoms with Crippen LogP contribution in [0.4, 0.5) is 5.69 Å². The van der Waals surface area contributed by atoms with Crippen LogP contribution in [0.15, 0.2) is 41.8 Å². The number of nitrogens with zero attached hydrogens (tertiary/aromatic N) is 1. The Morgan fingerprint density at radius 2 is 1.88 bits per heavy atom. The van der Waals surface area contributed by atoms with Crippen molar-refractivity contribution in [1.29, 1.82) is 0 Å². The molecule has 7 heteroatoms. The lowest BCUT2D eigenvalue weighted by molar-refractivity contribution is 0.0682. The zero-order valence-electron chi connectivity index (χ0n) is 14.7. The molecular formula is C19H24ClN3O2S. The van der Waals surface area contributed by atoms with E-state index in [-0.39, 0.29) is 30.3 Å². The molecule has 0 radical (unpaired) electrons. The average Bonchev–Trinajstić information content (AvgIpc) is 3.16. The van der Waals surface area contributed by atoms with E-state index in [1.54, 1.807) is 18.2 Å². The van der Waals surface area contributed by atoms with E-state index in [1.165, 1.54) is 11.3 Å². The van der Waals surface area contributed by atoms with Gasteiger partial charge in [0.25, 0.3) is 11.8 Å². The van der Waals surface area contributed by atoms with Gasteiger partial charge in [0.1, 0.15) is 0 Å². The van der Waals surface area contributed by atoms with Crippen LogP contribution in [0, 0.1) is 5.92 Å². The molecule has 2 amide bonds. The van der Waals surface area contributed by atoms with E-state index in [9.17, 15) is 9.59 Å². The normalized spacial score (nSPS) is 15.8. The number of para-hydroxylation sites is 1. The summed E-state index contributed by atoms with van der Waals surface area (Å²) >= 11 is 1.38. The number of piperidine rings is 1. The Bertz CT molecular complexity index is 741. The van der Waals surface area contributed by atoms with Crippen LogP contribution in [0.2, 0.25) is 0 Å². The van der Waals surface area contributed by atoms with Gasteiger partial charge in [0, 0.05) is 19.1 Å². The summed E-state index contributed by atoms with van der Waals surface area (Å²) in [6.07, 6.45) is 1.85. The van der Waals surface area contributed by atoms with Crippen LogP contribution in [0.5, 0.6) is 0 Å². The maximum atomic E-state index is 12.9. The lowest BCUT2D eigenvalue weighted by Gasteiger charge is -2.34. The van der Waals surface area contributed by atoms with Gasteiger partial charge in [-0.15, -0.1) is 23.7 Å².